The zero-order valence-electron chi connectivity index (χ0n) is 14.0. The first kappa shape index (κ1) is 17.3. The minimum Gasteiger partial charge on any atom is -0.422 e. The number of carbonyl (C=O) groups excluding carboxylic acids is 1. The van der Waals surface area contributed by atoms with E-state index in [2.05, 4.69) is 0 Å². The van der Waals surface area contributed by atoms with Crippen molar-refractivity contribution in [2.75, 3.05) is 12.3 Å². The van der Waals surface area contributed by atoms with Crippen LogP contribution in [-0.2, 0) is 0 Å². The van der Waals surface area contributed by atoms with Gasteiger partial charge in [0.05, 0.1) is 4.92 Å². The zero-order valence-corrected chi connectivity index (χ0v) is 14.8. The van der Waals surface area contributed by atoms with Gasteiger partial charge in [-0.15, -0.1) is 11.8 Å². The van der Waals surface area contributed by atoms with Gasteiger partial charge in [0, 0.05) is 29.8 Å². The molecule has 0 aliphatic carbocycles. The maximum atomic E-state index is 13.0. The molecule has 7 nitrogen and oxygen atoms in total. The van der Waals surface area contributed by atoms with E-state index in [0.29, 0.717) is 28.8 Å². The van der Waals surface area contributed by atoms with E-state index in [9.17, 15) is 19.7 Å². The van der Waals surface area contributed by atoms with Gasteiger partial charge in [0.1, 0.15) is 16.5 Å². The summed E-state index contributed by atoms with van der Waals surface area (Å²) in [7, 11) is 0. The molecule has 1 saturated heterocycles. The third-order valence-electron chi connectivity index (χ3n) is 4.39. The second-order valence-electron chi connectivity index (χ2n) is 6.06. The molecule has 0 N–H and O–H groups in total. The number of hydrogen-bond acceptors (Lipinski definition) is 6. The van der Waals surface area contributed by atoms with Crippen molar-refractivity contribution in [3.8, 4) is 0 Å². The van der Waals surface area contributed by atoms with Crippen molar-refractivity contribution >= 4 is 34.3 Å². The monoisotopic (exact) mass is 382 g/mol. The number of carbonyl (C=O) groups is 1. The van der Waals surface area contributed by atoms with Crippen LogP contribution in [-0.4, -0.2) is 28.0 Å². The summed E-state index contributed by atoms with van der Waals surface area (Å²) >= 11 is 1.51. The first-order valence-electron chi connectivity index (χ1n) is 8.24. The number of benzene rings is 2. The third-order valence-corrected chi connectivity index (χ3v) is 5.65. The quantitative estimate of drug-likeness (QED) is 0.390. The second kappa shape index (κ2) is 6.88. The summed E-state index contributed by atoms with van der Waals surface area (Å²) in [5.74, 6) is 0.244. The highest BCUT2D eigenvalue weighted by atomic mass is 32.2. The van der Waals surface area contributed by atoms with Crippen LogP contribution < -0.4 is 5.63 Å². The molecular weight excluding hydrogens is 368 g/mol. The Morgan fingerprint density at radius 2 is 2.00 bits per heavy atom. The number of nitro groups is 1. The topological polar surface area (TPSA) is 93.7 Å². The van der Waals surface area contributed by atoms with Gasteiger partial charge in [-0.25, -0.2) is 4.79 Å². The number of para-hydroxylation sites is 1. The van der Waals surface area contributed by atoms with Crippen LogP contribution in [0.1, 0.15) is 21.3 Å². The number of fused-ring (bicyclic) bond motifs is 1. The molecule has 4 rings (SSSR count). The molecule has 1 unspecified atom stereocenters. The molecule has 8 heteroatoms. The van der Waals surface area contributed by atoms with E-state index in [1.54, 1.807) is 41.3 Å². The Kier molecular flexibility index (Phi) is 4.41. The lowest BCUT2D eigenvalue weighted by molar-refractivity contribution is -0.384. The van der Waals surface area contributed by atoms with Gasteiger partial charge in [0.15, 0.2) is 0 Å². The zero-order chi connectivity index (χ0) is 19.0. The van der Waals surface area contributed by atoms with E-state index in [-0.39, 0.29) is 16.6 Å². The van der Waals surface area contributed by atoms with Gasteiger partial charge < -0.3 is 9.32 Å². The SMILES string of the molecule is O=C(c1cc2ccccc2oc1=O)N1CCSC1c1cccc([N+](=O)[O-])c1. The highest BCUT2D eigenvalue weighted by Crippen LogP contribution is 2.39. The summed E-state index contributed by atoms with van der Waals surface area (Å²) < 4.78 is 5.27. The molecule has 136 valence electrons. The molecule has 1 fully saturated rings. The number of nitrogens with zero attached hydrogens (tertiary/aromatic N) is 2. The second-order valence-corrected chi connectivity index (χ2v) is 7.25. The van der Waals surface area contributed by atoms with E-state index < -0.39 is 16.5 Å². The molecule has 1 aromatic heterocycles. The standard InChI is InChI=1S/C19H14N2O5S/c22-17(15-11-12-4-1-2-7-16(12)26-19(15)23)20-8-9-27-18(20)13-5-3-6-14(10-13)21(24)25/h1-7,10-11,18H,8-9H2. The Labute approximate surface area is 157 Å². The summed E-state index contributed by atoms with van der Waals surface area (Å²) in [6, 6.07) is 14.7. The van der Waals surface area contributed by atoms with Crippen molar-refractivity contribution in [2.24, 2.45) is 0 Å². The van der Waals surface area contributed by atoms with Gasteiger partial charge in [0.25, 0.3) is 11.6 Å². The summed E-state index contributed by atoms with van der Waals surface area (Å²) in [4.78, 5) is 37.5. The largest absolute Gasteiger partial charge is 0.422 e. The number of amides is 1. The number of rotatable bonds is 3. The van der Waals surface area contributed by atoms with Crippen molar-refractivity contribution in [2.45, 2.75) is 5.37 Å². The van der Waals surface area contributed by atoms with E-state index >= 15 is 0 Å². The summed E-state index contributed by atoms with van der Waals surface area (Å²) in [5, 5.41) is 11.3. The van der Waals surface area contributed by atoms with Gasteiger partial charge in [-0.2, -0.15) is 0 Å². The molecule has 1 aliphatic rings. The van der Waals surface area contributed by atoms with Gasteiger partial charge in [0.2, 0.25) is 0 Å². The molecule has 0 bridgehead atoms. The summed E-state index contributed by atoms with van der Waals surface area (Å²) in [6.45, 7) is 0.448. The molecule has 3 aromatic rings. The van der Waals surface area contributed by atoms with Crippen molar-refractivity contribution in [3.05, 3.63) is 86.3 Å². The Bertz CT molecular complexity index is 1110. The minimum absolute atomic E-state index is 0.0300. The molecule has 0 spiro atoms. The third kappa shape index (κ3) is 3.19. The van der Waals surface area contributed by atoms with Crippen molar-refractivity contribution in [1.29, 1.82) is 0 Å². The summed E-state index contributed by atoms with van der Waals surface area (Å²) in [6.07, 6.45) is 0. The maximum absolute atomic E-state index is 13.0. The highest BCUT2D eigenvalue weighted by molar-refractivity contribution is 7.99. The van der Waals surface area contributed by atoms with Crippen LogP contribution in [0.25, 0.3) is 11.0 Å². The van der Waals surface area contributed by atoms with Gasteiger partial charge >= 0.3 is 5.63 Å². The maximum Gasteiger partial charge on any atom is 0.349 e. The smallest absolute Gasteiger partial charge is 0.349 e. The molecule has 27 heavy (non-hydrogen) atoms. The molecule has 0 saturated carbocycles. The summed E-state index contributed by atoms with van der Waals surface area (Å²) in [5.41, 5.74) is 0.327. The molecule has 1 amide bonds. The van der Waals surface area contributed by atoms with Crippen LogP contribution in [0, 0.1) is 10.1 Å². The lowest BCUT2D eigenvalue weighted by Crippen LogP contribution is -2.33. The van der Waals surface area contributed by atoms with Crippen LogP contribution >= 0.6 is 11.8 Å². The Morgan fingerprint density at radius 1 is 1.19 bits per heavy atom. The Hall–Kier alpha value is -3.13. The average molecular weight is 382 g/mol. The normalized spacial score (nSPS) is 16.6. The molecule has 1 aliphatic heterocycles. The fourth-order valence-corrected chi connectivity index (χ4v) is 4.36. The highest BCUT2D eigenvalue weighted by Gasteiger charge is 2.33. The van der Waals surface area contributed by atoms with Crippen LogP contribution in [0.5, 0.6) is 0 Å². The predicted molar refractivity (Wildman–Crippen MR) is 102 cm³/mol. The number of non-ortho nitro benzene ring substituents is 1. The molecule has 2 aromatic carbocycles. The van der Waals surface area contributed by atoms with Crippen molar-refractivity contribution in [1.82, 2.24) is 4.90 Å². The van der Waals surface area contributed by atoms with E-state index in [1.165, 1.54) is 30.0 Å². The number of thioether (sulfide) groups is 1. The minimum atomic E-state index is -0.687. The van der Waals surface area contributed by atoms with Crippen LogP contribution in [0.2, 0.25) is 0 Å². The van der Waals surface area contributed by atoms with Crippen molar-refractivity contribution in [3.63, 3.8) is 0 Å². The van der Waals surface area contributed by atoms with Gasteiger partial charge in [-0.05, 0) is 17.7 Å². The average Bonchev–Trinajstić information content (AvgIpc) is 3.17. The lowest BCUT2D eigenvalue weighted by Gasteiger charge is -2.23. The first-order chi connectivity index (χ1) is 13.0. The molecule has 2 heterocycles. The fourth-order valence-electron chi connectivity index (χ4n) is 3.11. The van der Waals surface area contributed by atoms with Crippen LogP contribution in [0.3, 0.4) is 0 Å². The van der Waals surface area contributed by atoms with Gasteiger partial charge in [-0.1, -0.05) is 30.3 Å². The fraction of sp³-hybridized carbons (Fsp3) is 0.158. The molecule has 1 atom stereocenters. The lowest BCUT2D eigenvalue weighted by atomic mass is 10.1. The van der Waals surface area contributed by atoms with E-state index in [4.69, 9.17) is 4.42 Å². The molecule has 0 radical (unpaired) electrons. The van der Waals surface area contributed by atoms with Crippen LogP contribution in [0.15, 0.2) is 63.8 Å². The predicted octanol–water partition coefficient (Wildman–Crippen LogP) is 3.59. The Morgan fingerprint density at radius 3 is 2.81 bits per heavy atom. The van der Waals surface area contributed by atoms with Crippen LogP contribution in [0.4, 0.5) is 5.69 Å². The van der Waals surface area contributed by atoms with Gasteiger partial charge in [-0.3, -0.25) is 14.9 Å². The number of nitro benzene ring substituents is 1. The molecular formula is C19H14N2O5S. The number of hydrogen-bond donors (Lipinski definition) is 0. The first-order valence-corrected chi connectivity index (χ1v) is 9.29. The van der Waals surface area contributed by atoms with E-state index in [1.807, 2.05) is 0 Å². The Balaban J connectivity index is 1.71. The van der Waals surface area contributed by atoms with Crippen molar-refractivity contribution < 1.29 is 14.1 Å². The van der Waals surface area contributed by atoms with E-state index in [0.717, 1.165) is 0 Å².